The number of hydrogen-bond donors (Lipinski definition) is 0. The van der Waals surface area contributed by atoms with E-state index in [4.69, 9.17) is 17.1 Å². The Hall–Kier alpha value is 0.608. The van der Waals surface area contributed by atoms with Gasteiger partial charge in [-0.3, -0.25) is 0 Å². The second-order valence-corrected chi connectivity index (χ2v) is 41.7. The first-order chi connectivity index (χ1) is 12.6. The van der Waals surface area contributed by atoms with E-state index in [0.29, 0.717) is 34.4 Å². The van der Waals surface area contributed by atoms with Crippen LogP contribution < -0.4 is 0 Å². The first-order valence-electron chi connectivity index (χ1n) is 9.72. The summed E-state index contributed by atoms with van der Waals surface area (Å²) in [5.74, 6) is -0.267. The molecule has 0 aliphatic carbocycles. The number of carbonyl (C=O) groups is 1. The van der Waals surface area contributed by atoms with Gasteiger partial charge in [0.05, 0.1) is 6.61 Å². The van der Waals surface area contributed by atoms with Gasteiger partial charge >= 0.3 is 5.97 Å². The number of allylic oxidation sites excluding steroid dienone is 1. The van der Waals surface area contributed by atoms with Crippen LogP contribution in [0.3, 0.4) is 0 Å². The molecule has 28 heavy (non-hydrogen) atoms. The fraction of sp³-hybridized carbons (Fsp3) is 0.812. The molecule has 0 fully saturated rings. The van der Waals surface area contributed by atoms with E-state index in [1.807, 2.05) is 6.92 Å². The summed E-state index contributed by atoms with van der Waals surface area (Å²) in [5.41, 5.74) is 0. The molecule has 0 aliphatic rings. The highest BCUT2D eigenvalue weighted by molar-refractivity contribution is 7.68. The maximum Gasteiger partial charge on any atom is 0.330 e. The van der Waals surface area contributed by atoms with Crippen LogP contribution in [-0.2, 0) is 21.9 Å². The summed E-state index contributed by atoms with van der Waals surface area (Å²) in [6.07, 6.45) is 4.02. The Bertz CT molecular complexity index is 450. The van der Waals surface area contributed by atoms with Crippen LogP contribution in [0.2, 0.25) is 65.0 Å². The molecule has 0 aromatic heterocycles. The molecule has 0 aromatic carbocycles. The van der Waals surface area contributed by atoms with Crippen LogP contribution in [-0.4, -0.2) is 72.0 Å². The van der Waals surface area contributed by atoms with Crippen LogP contribution >= 0.6 is 0 Å². The van der Waals surface area contributed by atoms with Crippen molar-refractivity contribution in [3.05, 3.63) is 12.2 Å². The fourth-order valence-corrected chi connectivity index (χ4v) is 33.7. The summed E-state index contributed by atoms with van der Waals surface area (Å²) < 4.78 is 24.6. The lowest BCUT2D eigenvalue weighted by molar-refractivity contribution is -0.137. The average molecular weight is 507 g/mol. The van der Waals surface area contributed by atoms with Gasteiger partial charge in [0.25, 0.3) is 0 Å². The van der Waals surface area contributed by atoms with Crippen molar-refractivity contribution in [2.45, 2.75) is 78.3 Å². The lowest BCUT2D eigenvalue weighted by Crippen LogP contribution is -2.62. The molecule has 6 radical (unpaired) electrons. The molecule has 0 amide bonds. The second-order valence-electron chi connectivity index (χ2n) is 9.63. The summed E-state index contributed by atoms with van der Waals surface area (Å²) in [6, 6.07) is 1.02. The minimum atomic E-state index is -1.90. The molecule has 0 bridgehead atoms. The lowest BCUT2D eigenvalue weighted by Gasteiger charge is -2.34. The van der Waals surface area contributed by atoms with Gasteiger partial charge in [0.1, 0.15) is 6.63 Å². The third-order valence-electron chi connectivity index (χ3n) is 2.84. The van der Waals surface area contributed by atoms with Crippen molar-refractivity contribution in [1.29, 1.82) is 0 Å². The molecule has 0 heterocycles. The maximum atomic E-state index is 11.6. The van der Waals surface area contributed by atoms with E-state index in [1.54, 1.807) is 6.08 Å². The number of hydrogen-bond acceptors (Lipinski definition) is 5. The average Bonchev–Trinajstić information content (AvgIpc) is 2.50. The third-order valence-corrected chi connectivity index (χ3v) is 27.2. The molecule has 0 N–H and O–H groups in total. The van der Waals surface area contributed by atoms with E-state index >= 15 is 0 Å². The fourth-order valence-electron chi connectivity index (χ4n) is 1.63. The van der Waals surface area contributed by atoms with Crippen LogP contribution in [0.25, 0.3) is 0 Å². The van der Waals surface area contributed by atoms with Crippen LogP contribution in [0.4, 0.5) is 0 Å². The molecular weight excluding hydrogens is 469 g/mol. The summed E-state index contributed by atoms with van der Waals surface area (Å²) in [6.45, 7) is 20.5. The van der Waals surface area contributed by atoms with Crippen molar-refractivity contribution in [2.24, 2.45) is 0 Å². The number of rotatable bonds is 14. The first kappa shape index (κ1) is 28.6. The highest BCUT2D eigenvalue weighted by atomic mass is 29.9. The molecule has 12 heteroatoms. The largest absolute Gasteiger partial charge is 0.463 e. The Kier molecular flexibility index (Phi) is 12.7. The SMILES string of the molecule is CC=CC(=O)OCCC[Si]([Si]O[Si](C)(C)C)([Si]O[Si](C)(C)C)[Si]O[Si](C)(C)C. The summed E-state index contributed by atoms with van der Waals surface area (Å²) in [7, 11) is -3.40. The van der Waals surface area contributed by atoms with Gasteiger partial charge in [0.15, 0.2) is 52.8 Å². The van der Waals surface area contributed by atoms with Gasteiger partial charge in [-0.2, -0.15) is 0 Å². The predicted octanol–water partition coefficient (Wildman–Crippen LogP) is 3.85. The van der Waals surface area contributed by atoms with E-state index in [2.05, 4.69) is 58.9 Å². The third kappa shape index (κ3) is 16.4. The van der Waals surface area contributed by atoms with Crippen LogP contribution in [0.15, 0.2) is 12.2 Å². The van der Waals surface area contributed by atoms with Gasteiger partial charge in [-0.25, -0.2) is 4.79 Å². The maximum absolute atomic E-state index is 11.6. The topological polar surface area (TPSA) is 54.0 Å². The molecule has 0 saturated carbocycles. The number of esters is 1. The standard InChI is InChI=1S/C16H38O5Si7/c1-11-13-16(17)18-14-12-15-28(22-19-25(2,3)4,23-20-26(5,6)7)24-21-27(8,9)10/h11,13H,12,14-15H2,1-10H3. The minimum absolute atomic E-state index is 0.267. The highest BCUT2D eigenvalue weighted by Gasteiger charge is 2.43. The van der Waals surface area contributed by atoms with Crippen molar-refractivity contribution in [2.75, 3.05) is 6.61 Å². The molecule has 0 aromatic rings. The monoisotopic (exact) mass is 506 g/mol. The van der Waals surface area contributed by atoms with Gasteiger partial charge in [-0.05, 0) is 72.3 Å². The molecule has 160 valence electrons. The van der Waals surface area contributed by atoms with Crippen molar-refractivity contribution >= 4 is 65.4 Å². The highest BCUT2D eigenvalue weighted by Crippen LogP contribution is 2.18. The Labute approximate surface area is 183 Å². The zero-order valence-electron chi connectivity index (χ0n) is 19.3. The number of ether oxygens (including phenoxy) is 1. The summed E-state index contributed by atoms with van der Waals surface area (Å²) >= 11 is 0. The van der Waals surface area contributed by atoms with Gasteiger partial charge in [-0.1, -0.05) is 12.1 Å². The molecular formula is C16H38O5Si7. The Morgan fingerprint density at radius 1 is 0.786 bits per heavy atom. The van der Waals surface area contributed by atoms with Gasteiger partial charge < -0.3 is 17.1 Å². The van der Waals surface area contributed by atoms with Gasteiger partial charge in [-0.15, -0.1) is 0 Å². The van der Waals surface area contributed by atoms with E-state index < -0.39 is 31.6 Å². The summed E-state index contributed by atoms with van der Waals surface area (Å²) in [4.78, 5) is 11.6. The van der Waals surface area contributed by atoms with Crippen molar-refractivity contribution in [1.82, 2.24) is 0 Å². The van der Waals surface area contributed by atoms with Gasteiger partial charge in [0, 0.05) is 6.08 Å². The Morgan fingerprint density at radius 3 is 1.50 bits per heavy atom. The zero-order valence-corrected chi connectivity index (χ0v) is 26.3. The van der Waals surface area contributed by atoms with E-state index in [9.17, 15) is 4.79 Å². The predicted molar refractivity (Wildman–Crippen MR) is 132 cm³/mol. The molecule has 0 saturated heterocycles. The van der Waals surface area contributed by atoms with E-state index in [-0.39, 0.29) is 5.97 Å². The van der Waals surface area contributed by atoms with Crippen molar-refractivity contribution in [3.63, 3.8) is 0 Å². The minimum Gasteiger partial charge on any atom is -0.463 e. The van der Waals surface area contributed by atoms with Crippen molar-refractivity contribution < 1.29 is 21.9 Å². The molecule has 0 rings (SSSR count). The molecule has 0 aliphatic heterocycles. The van der Waals surface area contributed by atoms with Crippen LogP contribution in [0.5, 0.6) is 0 Å². The van der Waals surface area contributed by atoms with E-state index in [0.717, 1.165) is 12.5 Å². The Morgan fingerprint density at radius 2 is 1.18 bits per heavy atom. The van der Waals surface area contributed by atoms with Gasteiger partial charge in [0.2, 0.25) is 0 Å². The van der Waals surface area contributed by atoms with Crippen LogP contribution in [0.1, 0.15) is 13.3 Å². The normalized spacial score (nSPS) is 13.9. The molecule has 5 nitrogen and oxygen atoms in total. The molecule has 0 atom stereocenters. The second kappa shape index (κ2) is 12.5. The molecule has 0 spiro atoms. The first-order valence-corrected chi connectivity index (χ1v) is 27.9. The Balaban J connectivity index is 5.25. The smallest absolute Gasteiger partial charge is 0.330 e. The molecule has 0 unspecified atom stereocenters. The van der Waals surface area contributed by atoms with E-state index in [1.165, 1.54) is 6.08 Å². The quantitative estimate of drug-likeness (QED) is 0.155. The van der Waals surface area contributed by atoms with Crippen LogP contribution in [0, 0.1) is 0 Å². The zero-order chi connectivity index (χ0) is 22.1. The van der Waals surface area contributed by atoms with Crippen molar-refractivity contribution in [3.8, 4) is 0 Å². The number of carbonyl (C=O) groups excluding carboxylic acids is 1. The summed E-state index contributed by atoms with van der Waals surface area (Å²) in [5, 5.41) is 0. The lowest BCUT2D eigenvalue weighted by atomic mass is 10.5.